The molecule has 198 valence electrons. The van der Waals surface area contributed by atoms with Crippen LogP contribution in [0.5, 0.6) is 0 Å². The number of esters is 2. The number of nitrogen functional groups attached to an aromatic ring is 1. The Kier molecular flexibility index (Phi) is 7.21. The third-order valence-electron chi connectivity index (χ3n) is 6.36. The monoisotopic (exact) mass is 529 g/mol. The minimum atomic E-state index is -1.63. The van der Waals surface area contributed by atoms with Crippen LogP contribution < -0.4 is 5.73 Å². The number of imidazole rings is 1. The van der Waals surface area contributed by atoms with Gasteiger partial charge in [-0.25, -0.2) is 4.98 Å². The first kappa shape index (κ1) is 25.8. The first-order valence-corrected chi connectivity index (χ1v) is 12.1. The number of hydrogen-bond acceptors (Lipinski definition) is 9. The molecule has 0 unspecified atom stereocenters. The SMILES string of the molecule is C#C[C@]1(COC(=O)Cc2ccccc2)O[C@@H](n2cnc3c(N)nc(F)nc32)C[C@@H]1OC(=O)Cc1ccccc1. The van der Waals surface area contributed by atoms with Gasteiger partial charge in [0.15, 0.2) is 17.0 Å². The van der Waals surface area contributed by atoms with Gasteiger partial charge in [0.1, 0.15) is 18.9 Å². The summed E-state index contributed by atoms with van der Waals surface area (Å²) in [4.78, 5) is 36.9. The zero-order valence-corrected chi connectivity index (χ0v) is 20.7. The number of nitrogens with zero attached hydrogens (tertiary/aromatic N) is 4. The summed E-state index contributed by atoms with van der Waals surface area (Å²) in [6.07, 6.45) is 4.41. The molecule has 39 heavy (non-hydrogen) atoms. The lowest BCUT2D eigenvalue weighted by molar-refractivity contribution is -0.166. The van der Waals surface area contributed by atoms with Crippen LogP contribution in [-0.4, -0.2) is 49.8 Å². The van der Waals surface area contributed by atoms with E-state index in [-0.39, 0.29) is 42.9 Å². The third kappa shape index (κ3) is 5.56. The summed E-state index contributed by atoms with van der Waals surface area (Å²) >= 11 is 0. The molecule has 1 aliphatic rings. The average molecular weight is 530 g/mol. The minimum Gasteiger partial charge on any atom is -0.461 e. The molecule has 5 rings (SSSR count). The van der Waals surface area contributed by atoms with Gasteiger partial charge in [0, 0.05) is 6.42 Å². The number of terminal acetylenes is 1. The molecular formula is C28H24FN5O5. The highest BCUT2D eigenvalue weighted by atomic mass is 19.1. The van der Waals surface area contributed by atoms with Crippen LogP contribution >= 0.6 is 0 Å². The van der Waals surface area contributed by atoms with Crippen molar-refractivity contribution in [1.82, 2.24) is 19.5 Å². The van der Waals surface area contributed by atoms with E-state index in [2.05, 4.69) is 20.9 Å². The first-order valence-electron chi connectivity index (χ1n) is 12.1. The molecule has 2 aromatic carbocycles. The minimum absolute atomic E-state index is 0.000567. The van der Waals surface area contributed by atoms with E-state index < -0.39 is 35.9 Å². The molecule has 0 saturated carbocycles. The molecule has 0 amide bonds. The van der Waals surface area contributed by atoms with Crippen LogP contribution in [-0.2, 0) is 36.6 Å². The van der Waals surface area contributed by atoms with Crippen molar-refractivity contribution in [3.8, 4) is 12.3 Å². The van der Waals surface area contributed by atoms with E-state index in [0.717, 1.165) is 11.1 Å². The average Bonchev–Trinajstić information content (AvgIpc) is 3.50. The molecule has 10 nitrogen and oxygen atoms in total. The van der Waals surface area contributed by atoms with Gasteiger partial charge in [0.25, 0.3) is 0 Å². The van der Waals surface area contributed by atoms with Gasteiger partial charge in [-0.2, -0.15) is 14.4 Å². The zero-order valence-electron chi connectivity index (χ0n) is 20.7. The Bertz CT molecular complexity index is 1540. The van der Waals surface area contributed by atoms with Gasteiger partial charge >= 0.3 is 18.0 Å². The van der Waals surface area contributed by atoms with Crippen molar-refractivity contribution < 1.29 is 28.2 Å². The van der Waals surface area contributed by atoms with E-state index in [1.807, 2.05) is 36.4 Å². The van der Waals surface area contributed by atoms with Crippen molar-refractivity contribution in [3.05, 3.63) is 84.2 Å². The van der Waals surface area contributed by atoms with Crippen LogP contribution in [0.25, 0.3) is 11.2 Å². The molecule has 0 aliphatic carbocycles. The standard InChI is InChI=1S/C28H24FN5O5/c1-2-28(16-37-22(35)13-18-9-5-3-6-10-18)20(38-23(36)14-19-11-7-4-8-12-19)15-21(39-28)34-17-31-24-25(30)32-27(29)33-26(24)34/h1,3-12,17,20-21H,13-16H2,(H2,30,32,33)/t20-,21+,28+/m0/s1. The third-order valence-corrected chi connectivity index (χ3v) is 6.36. The fourth-order valence-electron chi connectivity index (χ4n) is 4.44. The largest absolute Gasteiger partial charge is 0.461 e. The fraction of sp³-hybridized carbons (Fsp3) is 0.250. The van der Waals surface area contributed by atoms with Crippen LogP contribution in [0.4, 0.5) is 10.2 Å². The van der Waals surface area contributed by atoms with E-state index in [1.54, 1.807) is 24.3 Å². The number of rotatable bonds is 8. The first-order chi connectivity index (χ1) is 18.9. The molecule has 3 atom stereocenters. The Morgan fingerprint density at radius 3 is 2.36 bits per heavy atom. The maximum Gasteiger partial charge on any atom is 0.312 e. The predicted molar refractivity (Wildman–Crippen MR) is 137 cm³/mol. The molecule has 0 bridgehead atoms. The molecule has 0 radical (unpaired) electrons. The molecule has 11 heteroatoms. The van der Waals surface area contributed by atoms with Crippen LogP contribution in [0.15, 0.2) is 67.0 Å². The van der Waals surface area contributed by atoms with E-state index in [1.165, 1.54) is 10.9 Å². The van der Waals surface area contributed by atoms with Crippen LogP contribution in [0, 0.1) is 18.4 Å². The van der Waals surface area contributed by atoms with Gasteiger partial charge in [-0.1, -0.05) is 66.6 Å². The summed E-state index contributed by atoms with van der Waals surface area (Å²) in [5.41, 5.74) is 5.93. The van der Waals surface area contributed by atoms with Crippen molar-refractivity contribution in [2.24, 2.45) is 0 Å². The number of hydrogen-bond donors (Lipinski definition) is 1. The smallest absolute Gasteiger partial charge is 0.312 e. The summed E-state index contributed by atoms with van der Waals surface area (Å²) in [6.45, 7) is -0.382. The molecule has 1 fully saturated rings. The van der Waals surface area contributed by atoms with Gasteiger partial charge in [-0.05, 0) is 11.1 Å². The number of benzene rings is 2. The van der Waals surface area contributed by atoms with Crippen LogP contribution in [0.2, 0.25) is 0 Å². The number of fused-ring (bicyclic) bond motifs is 1. The second kappa shape index (κ2) is 10.9. The highest BCUT2D eigenvalue weighted by Crippen LogP contribution is 2.40. The second-order valence-electron chi connectivity index (χ2n) is 9.01. The number of anilines is 1. The summed E-state index contributed by atoms with van der Waals surface area (Å²) in [5, 5.41) is 0. The predicted octanol–water partition coefficient (Wildman–Crippen LogP) is 2.78. The van der Waals surface area contributed by atoms with E-state index in [9.17, 15) is 14.0 Å². The van der Waals surface area contributed by atoms with Crippen molar-refractivity contribution in [2.75, 3.05) is 12.3 Å². The normalized spacial score (nSPS) is 20.4. The molecule has 1 aliphatic heterocycles. The van der Waals surface area contributed by atoms with E-state index >= 15 is 0 Å². The van der Waals surface area contributed by atoms with E-state index in [4.69, 9.17) is 26.4 Å². The van der Waals surface area contributed by atoms with E-state index in [0.29, 0.717) is 0 Å². The Hall–Kier alpha value is -4.82. The highest BCUT2D eigenvalue weighted by molar-refractivity contribution is 5.81. The van der Waals surface area contributed by atoms with Crippen LogP contribution in [0.3, 0.4) is 0 Å². The summed E-state index contributed by atoms with van der Waals surface area (Å²) in [6, 6.07) is 18.1. The molecule has 1 saturated heterocycles. The number of nitrogens with two attached hydrogens (primary N) is 1. The van der Waals surface area contributed by atoms with Gasteiger partial charge in [-0.15, -0.1) is 6.42 Å². The van der Waals surface area contributed by atoms with Gasteiger partial charge < -0.3 is 19.9 Å². The second-order valence-corrected chi connectivity index (χ2v) is 9.01. The van der Waals surface area contributed by atoms with Crippen LogP contribution in [0.1, 0.15) is 23.8 Å². The molecule has 2 N–H and O–H groups in total. The Morgan fingerprint density at radius 2 is 1.72 bits per heavy atom. The number of halogens is 1. The Balaban J connectivity index is 1.40. The lowest BCUT2D eigenvalue weighted by atomic mass is 9.98. The molecule has 3 heterocycles. The van der Waals surface area contributed by atoms with Crippen molar-refractivity contribution in [3.63, 3.8) is 0 Å². The van der Waals surface area contributed by atoms with Crippen molar-refractivity contribution >= 4 is 28.9 Å². The molecule has 2 aromatic heterocycles. The Labute approximate surface area is 222 Å². The number of aromatic nitrogens is 4. The summed E-state index contributed by atoms with van der Waals surface area (Å²) in [7, 11) is 0. The zero-order chi connectivity index (χ0) is 27.4. The topological polar surface area (TPSA) is 131 Å². The number of ether oxygens (including phenoxy) is 3. The molecular weight excluding hydrogens is 505 g/mol. The van der Waals surface area contributed by atoms with Crippen molar-refractivity contribution in [2.45, 2.75) is 37.2 Å². The summed E-state index contributed by atoms with van der Waals surface area (Å²) < 4.78 is 32.9. The van der Waals surface area contributed by atoms with Gasteiger partial charge in [-0.3, -0.25) is 14.2 Å². The lowest BCUT2D eigenvalue weighted by Crippen LogP contribution is -2.45. The molecule has 4 aromatic rings. The quantitative estimate of drug-likeness (QED) is 0.208. The number of carbonyl (C=O) groups excluding carboxylic acids is 2. The lowest BCUT2D eigenvalue weighted by Gasteiger charge is -2.28. The highest BCUT2D eigenvalue weighted by Gasteiger charge is 2.52. The van der Waals surface area contributed by atoms with Gasteiger partial charge in [0.05, 0.1) is 19.2 Å². The Morgan fingerprint density at radius 1 is 1.08 bits per heavy atom. The maximum atomic E-state index is 14.0. The maximum absolute atomic E-state index is 14.0. The van der Waals surface area contributed by atoms with Crippen molar-refractivity contribution in [1.29, 1.82) is 0 Å². The summed E-state index contributed by atoms with van der Waals surface area (Å²) in [5.74, 6) is 1.32. The fourth-order valence-corrected chi connectivity index (χ4v) is 4.44. The molecule has 0 spiro atoms. The number of carbonyl (C=O) groups is 2. The van der Waals surface area contributed by atoms with Gasteiger partial charge in [0.2, 0.25) is 5.60 Å².